The number of Topliss-reactive ketones (excluding diaryl/α,β-unsaturated/α-hetero) is 2. The van der Waals surface area contributed by atoms with Crippen molar-refractivity contribution in [2.45, 2.75) is 47.5 Å². The lowest BCUT2D eigenvalue weighted by molar-refractivity contribution is -0.117. The molecule has 0 aromatic carbocycles. The van der Waals surface area contributed by atoms with Gasteiger partial charge in [0.25, 0.3) is 5.56 Å². The minimum Gasteiger partial charge on any atom is -0.388 e. The molecular weight excluding hydrogens is 394 g/mol. The highest BCUT2D eigenvalue weighted by Crippen LogP contribution is 1.87. The predicted octanol–water partition coefficient (Wildman–Crippen LogP) is -0.515. The van der Waals surface area contributed by atoms with E-state index < -0.39 is 5.91 Å². The Kier molecular flexibility index (Phi) is 23.7. The second-order valence-electron chi connectivity index (χ2n) is 5.55. The van der Waals surface area contributed by atoms with Crippen LogP contribution in [0.5, 0.6) is 0 Å². The minimum absolute atomic E-state index is 0.0417. The van der Waals surface area contributed by atoms with Gasteiger partial charge in [-0.2, -0.15) is 5.26 Å². The van der Waals surface area contributed by atoms with Gasteiger partial charge >= 0.3 is 0 Å². The molecule has 0 aliphatic carbocycles. The van der Waals surface area contributed by atoms with Crippen LogP contribution in [-0.2, 0) is 14.4 Å². The number of aromatic amines is 1. The first-order chi connectivity index (χ1) is 13.5. The Morgan fingerprint density at radius 2 is 1.53 bits per heavy atom. The molecule has 0 spiro atoms. The summed E-state index contributed by atoms with van der Waals surface area (Å²) in [7, 11) is 0. The highest BCUT2D eigenvalue weighted by Gasteiger charge is 1.92. The van der Waals surface area contributed by atoms with Gasteiger partial charge in [0.05, 0.1) is 30.6 Å². The predicted molar refractivity (Wildman–Crippen MR) is 115 cm³/mol. The fourth-order valence-corrected chi connectivity index (χ4v) is 0.902. The molecule has 30 heavy (non-hydrogen) atoms. The summed E-state index contributed by atoms with van der Waals surface area (Å²) in [5, 5.41) is 20.5. The smallest absolute Gasteiger partial charge is 0.252 e. The number of carbonyl (C=O) groups is 3. The molecule has 13 nitrogen and oxygen atoms in total. The quantitative estimate of drug-likeness (QED) is 0.242. The standard InChI is InChI=1S/C5H7N3O.C4H5NO.C3H7N3O.C3H6O.C2H6N2/c1-3-7-4(6)2-5(9)8-3;1-4(6)2-3-5;4-2(5)1-3(6)7;1-3(2)4;1-2(3)4/h2H,1H3,(H3,6,7,8,9);2H2,1H3;1H2,(H3,4,5)(H2,6,7);1-2H3;1H3,(H3,3,4). The number of anilines is 1. The van der Waals surface area contributed by atoms with Gasteiger partial charge in [0.15, 0.2) is 0 Å². The number of amidine groups is 2. The molecule has 0 saturated heterocycles. The molecule has 1 aromatic rings. The lowest BCUT2D eigenvalue weighted by Gasteiger charge is -1.90. The Labute approximate surface area is 174 Å². The number of H-pyrrole nitrogens is 1. The van der Waals surface area contributed by atoms with Gasteiger partial charge in [-0.25, -0.2) is 4.98 Å². The van der Waals surface area contributed by atoms with Crippen LogP contribution in [-0.4, -0.2) is 39.1 Å². The van der Waals surface area contributed by atoms with Crippen LogP contribution in [0, 0.1) is 29.1 Å². The molecule has 1 rings (SSSR count). The van der Waals surface area contributed by atoms with Crippen molar-refractivity contribution in [3.8, 4) is 6.07 Å². The van der Waals surface area contributed by atoms with Crippen LogP contribution in [0.4, 0.5) is 5.82 Å². The molecule has 13 heteroatoms. The Morgan fingerprint density at radius 1 is 1.13 bits per heavy atom. The minimum atomic E-state index is -0.562. The van der Waals surface area contributed by atoms with E-state index >= 15 is 0 Å². The summed E-state index contributed by atoms with van der Waals surface area (Å²) in [4.78, 5) is 45.8. The molecule has 11 N–H and O–H groups in total. The van der Waals surface area contributed by atoms with Crippen LogP contribution in [0.1, 0.15) is 46.4 Å². The highest BCUT2D eigenvalue weighted by atomic mass is 16.1. The lowest BCUT2D eigenvalue weighted by atomic mass is 10.3. The number of aromatic nitrogens is 2. The lowest BCUT2D eigenvalue weighted by Crippen LogP contribution is -2.20. The summed E-state index contributed by atoms with van der Waals surface area (Å²) in [5.74, 6) is 0.314. The zero-order valence-electron chi connectivity index (χ0n) is 17.8. The second kappa shape index (κ2) is 21.2. The number of nitrogens with zero attached hydrogens (tertiary/aromatic N) is 2. The maximum absolute atomic E-state index is 10.5. The average molecular weight is 425 g/mol. The number of nitrogen functional groups attached to an aromatic ring is 1. The summed E-state index contributed by atoms with van der Waals surface area (Å²) in [6.45, 7) is 7.65. The third kappa shape index (κ3) is 56.4. The number of hydrogen-bond donors (Lipinski definition) is 7. The van der Waals surface area contributed by atoms with Gasteiger partial charge in [-0.05, 0) is 34.6 Å². The number of primary amides is 1. The monoisotopic (exact) mass is 425 g/mol. The molecule has 0 radical (unpaired) electrons. The van der Waals surface area contributed by atoms with Crippen molar-refractivity contribution in [3.05, 3.63) is 22.2 Å². The van der Waals surface area contributed by atoms with E-state index in [0.29, 0.717) is 5.82 Å². The molecule has 0 fully saturated rings. The second-order valence-corrected chi connectivity index (χ2v) is 5.55. The third-order valence-corrected chi connectivity index (χ3v) is 1.57. The Morgan fingerprint density at radius 3 is 1.67 bits per heavy atom. The number of rotatable bonds is 3. The fourth-order valence-electron chi connectivity index (χ4n) is 0.902. The maximum atomic E-state index is 10.5. The topological polar surface area (TPSA) is 273 Å². The molecule has 0 saturated carbocycles. The van der Waals surface area contributed by atoms with Crippen molar-refractivity contribution in [2.75, 3.05) is 5.73 Å². The molecule has 1 amide bonds. The van der Waals surface area contributed by atoms with Gasteiger partial charge in [-0.3, -0.25) is 25.2 Å². The molecule has 0 unspecified atom stereocenters. The normalized spacial score (nSPS) is 7.73. The molecule has 1 heterocycles. The Hall–Kier alpha value is -4.08. The van der Waals surface area contributed by atoms with Crippen molar-refractivity contribution in [3.63, 3.8) is 0 Å². The van der Waals surface area contributed by atoms with E-state index in [1.54, 1.807) is 13.0 Å². The number of nitrogens with two attached hydrogens (primary N) is 4. The van der Waals surface area contributed by atoms with Crippen molar-refractivity contribution < 1.29 is 14.4 Å². The number of nitriles is 1. The third-order valence-electron chi connectivity index (χ3n) is 1.57. The number of amides is 1. The average Bonchev–Trinajstić information content (AvgIpc) is 2.43. The van der Waals surface area contributed by atoms with Gasteiger partial charge in [0.2, 0.25) is 5.91 Å². The van der Waals surface area contributed by atoms with Crippen LogP contribution in [0.15, 0.2) is 10.9 Å². The molecule has 168 valence electrons. The van der Waals surface area contributed by atoms with Gasteiger partial charge in [0.1, 0.15) is 23.2 Å². The van der Waals surface area contributed by atoms with E-state index in [2.05, 4.69) is 15.7 Å². The van der Waals surface area contributed by atoms with E-state index in [-0.39, 0.29) is 47.5 Å². The SMILES string of the molecule is CC(=N)N.CC(=O)CC#N.CC(C)=O.Cc1nc(N)cc(=O)[nH]1.N=C(N)CC(N)=O. The van der Waals surface area contributed by atoms with Gasteiger partial charge in [-0.15, -0.1) is 0 Å². The van der Waals surface area contributed by atoms with Crippen LogP contribution in [0.25, 0.3) is 0 Å². The largest absolute Gasteiger partial charge is 0.388 e. The van der Waals surface area contributed by atoms with Crippen molar-refractivity contribution >= 4 is 35.0 Å². The van der Waals surface area contributed by atoms with Crippen LogP contribution in [0.2, 0.25) is 0 Å². The van der Waals surface area contributed by atoms with Gasteiger partial charge < -0.3 is 32.7 Å². The van der Waals surface area contributed by atoms with E-state index in [4.69, 9.17) is 33.3 Å². The summed E-state index contributed by atoms with van der Waals surface area (Å²) in [5.41, 5.74) is 19.1. The first-order valence-corrected chi connectivity index (χ1v) is 8.13. The Balaban J connectivity index is -0.000000147. The summed E-state index contributed by atoms with van der Waals surface area (Å²) in [6.07, 6.45) is -0.0972. The van der Waals surface area contributed by atoms with Crippen LogP contribution in [0.3, 0.4) is 0 Å². The molecule has 1 aromatic heterocycles. The molecule has 0 bridgehead atoms. The number of ketones is 2. The summed E-state index contributed by atoms with van der Waals surface area (Å²) in [6, 6.07) is 2.96. The van der Waals surface area contributed by atoms with Crippen molar-refractivity contribution in [2.24, 2.45) is 17.2 Å². The van der Waals surface area contributed by atoms with E-state index in [0.717, 1.165) is 0 Å². The number of aryl methyl sites for hydroxylation is 1. The van der Waals surface area contributed by atoms with Crippen molar-refractivity contribution in [1.29, 1.82) is 16.1 Å². The number of carbonyl (C=O) groups excluding carboxylic acids is 3. The molecular formula is C17H31N9O4. The Bertz CT molecular complexity index is 740. The van der Waals surface area contributed by atoms with Crippen molar-refractivity contribution in [1.82, 2.24) is 9.97 Å². The molecule has 0 aliphatic heterocycles. The van der Waals surface area contributed by atoms with Gasteiger partial charge in [-0.1, -0.05) is 0 Å². The summed E-state index contributed by atoms with van der Waals surface area (Å²) >= 11 is 0. The van der Waals surface area contributed by atoms with Gasteiger partial charge in [0, 0.05) is 6.07 Å². The first-order valence-electron chi connectivity index (χ1n) is 8.13. The highest BCUT2D eigenvalue weighted by molar-refractivity contribution is 5.96. The molecule has 0 atom stereocenters. The fraction of sp³-hybridized carbons (Fsp3) is 0.412. The number of hydrogen-bond acceptors (Lipinski definition) is 9. The number of nitrogens with one attached hydrogen (secondary N) is 3. The zero-order valence-corrected chi connectivity index (χ0v) is 17.8. The van der Waals surface area contributed by atoms with Crippen LogP contribution >= 0.6 is 0 Å². The maximum Gasteiger partial charge on any atom is 0.252 e. The first kappa shape index (κ1) is 33.5. The summed E-state index contributed by atoms with van der Waals surface area (Å²) < 4.78 is 0. The zero-order chi connectivity index (χ0) is 24.9. The van der Waals surface area contributed by atoms with Crippen LogP contribution < -0.4 is 28.5 Å². The molecule has 0 aliphatic rings. The van der Waals surface area contributed by atoms with E-state index in [1.165, 1.54) is 33.8 Å². The van der Waals surface area contributed by atoms with E-state index in [1.807, 2.05) is 0 Å². The van der Waals surface area contributed by atoms with E-state index in [9.17, 15) is 19.2 Å².